The Hall–Kier alpha value is -2.30. The highest BCUT2D eigenvalue weighted by molar-refractivity contribution is 5.86. The third-order valence-electron chi connectivity index (χ3n) is 2.16. The van der Waals surface area contributed by atoms with Gasteiger partial charge in [0.1, 0.15) is 11.3 Å². The van der Waals surface area contributed by atoms with Crippen LogP contribution in [-0.4, -0.2) is 15.6 Å². The number of pyridine rings is 1. The summed E-state index contributed by atoms with van der Waals surface area (Å²) in [4.78, 5) is 22.4. The Labute approximate surface area is 90.6 Å². The lowest BCUT2D eigenvalue weighted by atomic mass is 10.3. The molecule has 82 valence electrons. The molecule has 0 aliphatic carbocycles. The lowest BCUT2D eigenvalue weighted by molar-refractivity contribution is 0.0694. The lowest BCUT2D eigenvalue weighted by Gasteiger charge is -2.03. The summed E-state index contributed by atoms with van der Waals surface area (Å²) < 4.78 is 6.38. The Morgan fingerprint density at radius 3 is 2.81 bits per heavy atom. The highest BCUT2D eigenvalue weighted by Gasteiger charge is 2.10. The van der Waals surface area contributed by atoms with E-state index in [-0.39, 0.29) is 12.1 Å². The molecule has 0 spiro atoms. The molecule has 1 N–H and O–H groups in total. The molecule has 2 aromatic rings. The van der Waals surface area contributed by atoms with Crippen molar-refractivity contribution in [1.82, 2.24) is 4.57 Å². The van der Waals surface area contributed by atoms with Crippen LogP contribution in [0.3, 0.4) is 0 Å². The zero-order valence-corrected chi connectivity index (χ0v) is 8.29. The van der Waals surface area contributed by atoms with Crippen LogP contribution < -0.4 is 5.56 Å². The monoisotopic (exact) mass is 219 g/mol. The Kier molecular flexibility index (Phi) is 2.59. The maximum atomic E-state index is 11.7. The number of carboxylic acid groups (broad SMARTS) is 1. The van der Waals surface area contributed by atoms with Gasteiger partial charge in [-0.3, -0.25) is 4.79 Å². The van der Waals surface area contributed by atoms with Crippen LogP contribution in [0.15, 0.2) is 45.9 Å². The molecule has 0 atom stereocenters. The van der Waals surface area contributed by atoms with Gasteiger partial charge in [-0.25, -0.2) is 4.79 Å². The van der Waals surface area contributed by atoms with Gasteiger partial charge >= 0.3 is 5.97 Å². The zero-order chi connectivity index (χ0) is 11.5. The number of rotatable bonds is 3. The van der Waals surface area contributed by atoms with Crippen molar-refractivity contribution in [3.63, 3.8) is 0 Å². The van der Waals surface area contributed by atoms with Gasteiger partial charge in [-0.05, 0) is 24.3 Å². The number of aromatic carboxylic acids is 1. The molecule has 0 aromatic carbocycles. The number of carboxylic acids is 1. The standard InChI is InChI=1S/C11H9NO4/c13-10-9(11(14)15)4-1-5-12(10)7-8-3-2-6-16-8/h1-6H,7H2,(H,14,15). The summed E-state index contributed by atoms with van der Waals surface area (Å²) in [5, 5.41) is 8.78. The van der Waals surface area contributed by atoms with E-state index in [0.717, 1.165) is 0 Å². The molecular formula is C11H9NO4. The van der Waals surface area contributed by atoms with Gasteiger partial charge < -0.3 is 14.1 Å². The normalized spacial score (nSPS) is 10.2. The topological polar surface area (TPSA) is 72.4 Å². The minimum Gasteiger partial charge on any atom is -0.477 e. The zero-order valence-electron chi connectivity index (χ0n) is 8.29. The Morgan fingerprint density at radius 2 is 2.19 bits per heavy atom. The molecule has 5 nitrogen and oxygen atoms in total. The fraction of sp³-hybridized carbons (Fsp3) is 0.0909. The third-order valence-corrected chi connectivity index (χ3v) is 2.16. The average molecular weight is 219 g/mol. The van der Waals surface area contributed by atoms with Crippen molar-refractivity contribution in [2.24, 2.45) is 0 Å². The van der Waals surface area contributed by atoms with E-state index in [1.165, 1.54) is 29.2 Å². The fourth-order valence-corrected chi connectivity index (χ4v) is 1.39. The number of carbonyl (C=O) groups is 1. The van der Waals surface area contributed by atoms with Gasteiger partial charge in [0, 0.05) is 6.20 Å². The summed E-state index contributed by atoms with van der Waals surface area (Å²) in [5.41, 5.74) is -0.777. The van der Waals surface area contributed by atoms with Crippen LogP contribution >= 0.6 is 0 Å². The second kappa shape index (κ2) is 4.06. The third kappa shape index (κ3) is 1.88. The van der Waals surface area contributed by atoms with Crippen LogP contribution in [0.5, 0.6) is 0 Å². The Balaban J connectivity index is 2.39. The van der Waals surface area contributed by atoms with Crippen molar-refractivity contribution in [3.05, 3.63) is 58.4 Å². The van der Waals surface area contributed by atoms with Crippen LogP contribution in [0.25, 0.3) is 0 Å². The summed E-state index contributed by atoms with van der Waals surface area (Å²) in [6, 6.07) is 6.23. The lowest BCUT2D eigenvalue weighted by Crippen LogP contribution is -2.25. The molecule has 5 heteroatoms. The van der Waals surface area contributed by atoms with E-state index in [1.54, 1.807) is 12.1 Å². The number of nitrogens with zero attached hydrogens (tertiary/aromatic N) is 1. The summed E-state index contributed by atoms with van der Waals surface area (Å²) >= 11 is 0. The van der Waals surface area contributed by atoms with Crippen molar-refractivity contribution >= 4 is 5.97 Å². The quantitative estimate of drug-likeness (QED) is 0.841. The maximum Gasteiger partial charge on any atom is 0.341 e. The summed E-state index contributed by atoms with van der Waals surface area (Å²) in [5.74, 6) is -0.622. The first-order valence-corrected chi connectivity index (χ1v) is 4.63. The molecule has 2 aromatic heterocycles. The van der Waals surface area contributed by atoms with Gasteiger partial charge in [-0.1, -0.05) is 0 Å². The van der Waals surface area contributed by atoms with Crippen molar-refractivity contribution in [2.45, 2.75) is 6.54 Å². The van der Waals surface area contributed by atoms with E-state index in [9.17, 15) is 9.59 Å². The molecular weight excluding hydrogens is 210 g/mol. The summed E-state index contributed by atoms with van der Waals surface area (Å²) in [6.45, 7) is 0.229. The van der Waals surface area contributed by atoms with E-state index in [1.807, 2.05) is 0 Å². The first-order chi connectivity index (χ1) is 7.68. The number of hydrogen-bond acceptors (Lipinski definition) is 3. The molecule has 0 aliphatic heterocycles. The van der Waals surface area contributed by atoms with E-state index in [0.29, 0.717) is 5.76 Å². The van der Waals surface area contributed by atoms with Crippen molar-refractivity contribution in [1.29, 1.82) is 0 Å². The van der Waals surface area contributed by atoms with Gasteiger partial charge in [0.15, 0.2) is 0 Å². The SMILES string of the molecule is O=C(O)c1cccn(Cc2ccco2)c1=O. The van der Waals surface area contributed by atoms with Crippen molar-refractivity contribution < 1.29 is 14.3 Å². The number of hydrogen-bond donors (Lipinski definition) is 1. The van der Waals surface area contributed by atoms with E-state index < -0.39 is 11.5 Å². The predicted molar refractivity (Wildman–Crippen MR) is 55.5 cm³/mol. The second-order valence-corrected chi connectivity index (χ2v) is 3.24. The molecule has 0 unspecified atom stereocenters. The smallest absolute Gasteiger partial charge is 0.341 e. The molecule has 16 heavy (non-hydrogen) atoms. The van der Waals surface area contributed by atoms with Gasteiger partial charge in [-0.15, -0.1) is 0 Å². The summed E-state index contributed by atoms with van der Waals surface area (Å²) in [7, 11) is 0. The van der Waals surface area contributed by atoms with Crippen LogP contribution in [0.2, 0.25) is 0 Å². The first kappa shape index (κ1) is 10.2. The molecule has 2 heterocycles. The van der Waals surface area contributed by atoms with Gasteiger partial charge in [-0.2, -0.15) is 0 Å². The second-order valence-electron chi connectivity index (χ2n) is 3.24. The highest BCUT2D eigenvalue weighted by atomic mass is 16.4. The van der Waals surface area contributed by atoms with Gasteiger partial charge in [0.25, 0.3) is 5.56 Å². The Morgan fingerprint density at radius 1 is 1.38 bits per heavy atom. The van der Waals surface area contributed by atoms with Gasteiger partial charge in [0.2, 0.25) is 0 Å². The molecule has 0 fully saturated rings. The molecule has 0 radical (unpaired) electrons. The fourth-order valence-electron chi connectivity index (χ4n) is 1.39. The number of aromatic nitrogens is 1. The predicted octanol–water partition coefficient (Wildman–Crippen LogP) is 1.19. The first-order valence-electron chi connectivity index (χ1n) is 4.63. The van der Waals surface area contributed by atoms with Crippen LogP contribution in [-0.2, 0) is 6.54 Å². The minimum atomic E-state index is -1.22. The van der Waals surface area contributed by atoms with Crippen molar-refractivity contribution in [3.8, 4) is 0 Å². The molecule has 0 bridgehead atoms. The van der Waals surface area contributed by atoms with Crippen LogP contribution in [0.4, 0.5) is 0 Å². The molecule has 2 rings (SSSR count). The summed E-state index contributed by atoms with van der Waals surface area (Å²) in [6.07, 6.45) is 3.03. The highest BCUT2D eigenvalue weighted by Crippen LogP contribution is 2.02. The maximum absolute atomic E-state index is 11.7. The Bertz CT molecular complexity index is 554. The van der Waals surface area contributed by atoms with E-state index in [4.69, 9.17) is 9.52 Å². The molecule has 0 amide bonds. The van der Waals surface area contributed by atoms with E-state index in [2.05, 4.69) is 0 Å². The minimum absolute atomic E-state index is 0.229. The molecule has 0 aliphatic rings. The molecule has 0 saturated carbocycles. The van der Waals surface area contributed by atoms with Crippen LogP contribution in [0, 0.1) is 0 Å². The largest absolute Gasteiger partial charge is 0.477 e. The number of furan rings is 1. The average Bonchev–Trinajstić information content (AvgIpc) is 2.73. The van der Waals surface area contributed by atoms with Gasteiger partial charge in [0.05, 0.1) is 12.8 Å². The molecule has 0 saturated heterocycles. The van der Waals surface area contributed by atoms with Crippen molar-refractivity contribution in [2.75, 3.05) is 0 Å². The van der Waals surface area contributed by atoms with Crippen LogP contribution in [0.1, 0.15) is 16.1 Å². The van der Waals surface area contributed by atoms with E-state index >= 15 is 0 Å².